The van der Waals surface area contributed by atoms with Crippen LogP contribution in [-0.4, -0.2) is 157 Å². The standard InChI is InChI=1S/C38H64N8O15/c1-8-19(6)29(44-31(53)21(39)11-12-26(49)50)36(58)41-22(14-17(2)3)32(54)40-23(15-27(51)52)33(55)43-28(18(4)5)37(59)46-13-9-10-25(46)35(57)42-24(16-47)34(56)45-30(20(7)48)38(60)61/h17-25,28-30,47-48H,8-16,39H2,1-7H3,(H,40,54)(H,41,58)(H,42,57)(H,43,55)(H,44,53)(H,45,56)(H,49,50)(H,51,52)(H,60,61)/t19-,20-,21+,22+,23-,24-,25-,28+,29+,30+/m1/s1. The van der Waals surface area contributed by atoms with Gasteiger partial charge in [-0.3, -0.25) is 43.2 Å². The van der Waals surface area contributed by atoms with Gasteiger partial charge in [0.2, 0.25) is 41.4 Å². The molecule has 10 atom stereocenters. The van der Waals surface area contributed by atoms with Crippen LogP contribution in [-0.2, 0) is 47.9 Å². The van der Waals surface area contributed by atoms with E-state index in [1.165, 1.54) is 0 Å². The van der Waals surface area contributed by atoms with Crippen molar-refractivity contribution in [3.63, 3.8) is 0 Å². The first kappa shape index (κ1) is 53.6. The van der Waals surface area contributed by atoms with Crippen molar-refractivity contribution in [3.8, 4) is 0 Å². The van der Waals surface area contributed by atoms with Crippen LogP contribution in [0.4, 0.5) is 0 Å². The van der Waals surface area contributed by atoms with E-state index in [1.807, 2.05) is 5.32 Å². The highest BCUT2D eigenvalue weighted by Gasteiger charge is 2.41. The minimum atomic E-state index is -1.78. The predicted octanol–water partition coefficient (Wildman–Crippen LogP) is -3.24. The molecule has 1 heterocycles. The number of likely N-dealkylation sites (tertiary alicyclic amines) is 1. The van der Waals surface area contributed by atoms with Gasteiger partial charge in [-0.1, -0.05) is 48.0 Å². The maximum Gasteiger partial charge on any atom is 0.328 e. The summed E-state index contributed by atoms with van der Waals surface area (Å²) in [4.78, 5) is 129. The molecule has 0 aromatic rings. The van der Waals surface area contributed by atoms with Crippen molar-refractivity contribution in [2.75, 3.05) is 13.2 Å². The van der Waals surface area contributed by atoms with E-state index in [-0.39, 0.29) is 31.7 Å². The lowest BCUT2D eigenvalue weighted by Gasteiger charge is -2.32. The number of carbonyl (C=O) groups excluding carboxylic acids is 7. The number of nitrogens with zero attached hydrogens (tertiary/aromatic N) is 1. The summed E-state index contributed by atoms with van der Waals surface area (Å²) in [6, 6.07) is -11.6. The van der Waals surface area contributed by atoms with Crippen molar-refractivity contribution < 1.29 is 73.5 Å². The monoisotopic (exact) mass is 872 g/mol. The van der Waals surface area contributed by atoms with Gasteiger partial charge in [0, 0.05) is 13.0 Å². The third-order valence-corrected chi connectivity index (χ3v) is 10.1. The number of nitrogens with one attached hydrogen (secondary N) is 6. The van der Waals surface area contributed by atoms with E-state index >= 15 is 0 Å². The van der Waals surface area contributed by atoms with Gasteiger partial charge in [-0.05, 0) is 50.4 Å². The molecule has 7 amide bonds. The summed E-state index contributed by atoms with van der Waals surface area (Å²) < 4.78 is 0. The van der Waals surface area contributed by atoms with Crippen LogP contribution in [0.25, 0.3) is 0 Å². The van der Waals surface area contributed by atoms with E-state index in [0.717, 1.165) is 11.8 Å². The number of aliphatic carboxylic acids is 3. The molecular weight excluding hydrogens is 808 g/mol. The first-order valence-corrected chi connectivity index (χ1v) is 20.2. The summed E-state index contributed by atoms with van der Waals surface area (Å²) in [6.07, 6.45) is -2.26. The quantitative estimate of drug-likeness (QED) is 0.0406. The molecule has 0 aromatic heterocycles. The van der Waals surface area contributed by atoms with Gasteiger partial charge < -0.3 is 68.1 Å². The van der Waals surface area contributed by atoms with Crippen LogP contribution in [0.2, 0.25) is 0 Å². The van der Waals surface area contributed by atoms with E-state index in [9.17, 15) is 68.4 Å². The third-order valence-electron chi connectivity index (χ3n) is 10.1. The second-order valence-corrected chi connectivity index (χ2v) is 16.0. The lowest BCUT2D eigenvalue weighted by Crippen LogP contribution is -2.61. The second kappa shape index (κ2) is 25.4. The van der Waals surface area contributed by atoms with Gasteiger partial charge in [-0.25, -0.2) is 4.79 Å². The Morgan fingerprint density at radius 3 is 1.72 bits per heavy atom. The van der Waals surface area contributed by atoms with Gasteiger partial charge in [0.25, 0.3) is 0 Å². The highest BCUT2D eigenvalue weighted by molar-refractivity contribution is 5.98. The van der Waals surface area contributed by atoms with Crippen LogP contribution in [0.5, 0.6) is 0 Å². The maximum absolute atomic E-state index is 14.0. The van der Waals surface area contributed by atoms with E-state index in [0.29, 0.717) is 12.8 Å². The largest absolute Gasteiger partial charge is 0.481 e. The Morgan fingerprint density at radius 1 is 0.689 bits per heavy atom. The molecule has 1 aliphatic heterocycles. The molecule has 1 aliphatic rings. The van der Waals surface area contributed by atoms with Gasteiger partial charge in [-0.2, -0.15) is 0 Å². The SMILES string of the molecule is CC[C@@H](C)[C@H](NC(=O)[C@@H](N)CCC(=O)O)C(=O)N[C@@H](CC(C)C)C(=O)N[C@H](CC(=O)O)C(=O)N[C@H](C(=O)N1CCC[C@@H]1C(=O)N[C@H](CO)C(=O)N[C@H](C(=O)O)[C@@H](C)O)C(C)C. The molecule has 1 fully saturated rings. The first-order chi connectivity index (χ1) is 28.4. The molecule has 1 rings (SSSR count). The smallest absolute Gasteiger partial charge is 0.328 e. The van der Waals surface area contributed by atoms with Crippen molar-refractivity contribution >= 4 is 59.3 Å². The number of carbonyl (C=O) groups is 10. The van der Waals surface area contributed by atoms with Gasteiger partial charge in [0.05, 0.1) is 25.2 Å². The van der Waals surface area contributed by atoms with Crippen molar-refractivity contribution in [2.45, 2.75) is 148 Å². The van der Waals surface area contributed by atoms with Gasteiger partial charge in [0.15, 0.2) is 6.04 Å². The summed E-state index contributed by atoms with van der Waals surface area (Å²) in [5.74, 6) is -12.0. The van der Waals surface area contributed by atoms with E-state index < -0.39 is 145 Å². The predicted molar refractivity (Wildman–Crippen MR) is 214 cm³/mol. The zero-order valence-electron chi connectivity index (χ0n) is 35.6. The highest BCUT2D eigenvalue weighted by Crippen LogP contribution is 2.21. The minimum absolute atomic E-state index is 0.00327. The van der Waals surface area contributed by atoms with Gasteiger partial charge in [0.1, 0.15) is 36.3 Å². The fourth-order valence-electron chi connectivity index (χ4n) is 6.35. The topological polar surface area (TPSA) is 373 Å². The normalized spacial score (nSPS) is 18.2. The molecule has 23 heteroatoms. The minimum Gasteiger partial charge on any atom is -0.481 e. The first-order valence-electron chi connectivity index (χ1n) is 20.2. The Labute approximate surface area is 353 Å². The fraction of sp³-hybridized carbons (Fsp3) is 0.737. The van der Waals surface area contributed by atoms with Crippen LogP contribution in [0.1, 0.15) is 93.4 Å². The molecule has 0 aliphatic carbocycles. The van der Waals surface area contributed by atoms with Crippen molar-refractivity contribution in [3.05, 3.63) is 0 Å². The van der Waals surface area contributed by atoms with Gasteiger partial charge in [-0.15, -0.1) is 0 Å². The summed E-state index contributed by atoms with van der Waals surface area (Å²) in [5.41, 5.74) is 5.84. The molecule has 0 bridgehead atoms. The molecule has 0 saturated carbocycles. The number of hydrogen-bond acceptors (Lipinski definition) is 13. The van der Waals surface area contributed by atoms with Crippen LogP contribution >= 0.6 is 0 Å². The zero-order chi connectivity index (χ0) is 46.9. The van der Waals surface area contributed by atoms with E-state index in [4.69, 9.17) is 10.8 Å². The molecule has 0 spiro atoms. The zero-order valence-corrected chi connectivity index (χ0v) is 35.6. The lowest BCUT2D eigenvalue weighted by molar-refractivity contribution is -0.146. The summed E-state index contributed by atoms with van der Waals surface area (Å²) in [7, 11) is 0. The van der Waals surface area contributed by atoms with Crippen molar-refractivity contribution in [2.24, 2.45) is 23.5 Å². The summed E-state index contributed by atoms with van der Waals surface area (Å²) in [5, 5.41) is 61.7. The van der Waals surface area contributed by atoms with Crippen LogP contribution < -0.4 is 37.6 Å². The molecule has 23 nitrogen and oxygen atoms in total. The Bertz CT molecular complexity index is 1590. The van der Waals surface area contributed by atoms with Crippen LogP contribution in [0.15, 0.2) is 0 Å². The maximum atomic E-state index is 14.0. The number of carboxylic acid groups (broad SMARTS) is 3. The number of carboxylic acids is 3. The molecule has 346 valence electrons. The summed E-state index contributed by atoms with van der Waals surface area (Å²) in [6.45, 7) is 10.2. The average molecular weight is 873 g/mol. The number of hydrogen-bond donors (Lipinski definition) is 12. The van der Waals surface area contributed by atoms with E-state index in [2.05, 4.69) is 26.6 Å². The highest BCUT2D eigenvalue weighted by atomic mass is 16.4. The van der Waals surface area contributed by atoms with Crippen molar-refractivity contribution in [1.29, 1.82) is 0 Å². The molecule has 13 N–H and O–H groups in total. The number of rotatable bonds is 26. The number of amides is 7. The van der Waals surface area contributed by atoms with E-state index in [1.54, 1.807) is 41.5 Å². The molecule has 0 radical (unpaired) electrons. The van der Waals surface area contributed by atoms with Crippen LogP contribution in [0.3, 0.4) is 0 Å². The Morgan fingerprint density at radius 2 is 1.23 bits per heavy atom. The van der Waals surface area contributed by atoms with Crippen LogP contribution in [0, 0.1) is 17.8 Å². The molecule has 0 aromatic carbocycles. The summed E-state index contributed by atoms with van der Waals surface area (Å²) >= 11 is 0. The molecule has 1 saturated heterocycles. The van der Waals surface area contributed by atoms with Gasteiger partial charge >= 0.3 is 17.9 Å². The third kappa shape index (κ3) is 17.2. The number of aliphatic hydroxyl groups excluding tert-OH is 2. The second-order valence-electron chi connectivity index (χ2n) is 16.0. The molecule has 0 unspecified atom stereocenters. The fourth-order valence-corrected chi connectivity index (χ4v) is 6.35. The lowest BCUT2D eigenvalue weighted by atomic mass is 9.96. The Hall–Kier alpha value is -5.42. The average Bonchev–Trinajstić information content (AvgIpc) is 3.67. The molecular formula is C38H64N8O15. The number of nitrogens with two attached hydrogens (primary N) is 1. The number of aliphatic hydroxyl groups is 2. The van der Waals surface area contributed by atoms with Crippen molar-refractivity contribution in [1.82, 2.24) is 36.8 Å². The molecule has 61 heavy (non-hydrogen) atoms. The Kier molecular flexibility index (Phi) is 22.3. The Balaban J connectivity index is 3.27.